The molecule has 6 rings (SSSR count). The van der Waals surface area contributed by atoms with Crippen molar-refractivity contribution in [1.82, 2.24) is 40.0 Å². The van der Waals surface area contributed by atoms with Crippen molar-refractivity contribution in [3.8, 4) is 0 Å². The van der Waals surface area contributed by atoms with Gasteiger partial charge in [-0.1, -0.05) is 30.3 Å². The van der Waals surface area contributed by atoms with Crippen LogP contribution in [0.2, 0.25) is 0 Å². The van der Waals surface area contributed by atoms with E-state index in [1.54, 1.807) is 12.5 Å². The minimum Gasteiger partial charge on any atom is -0.374 e. The van der Waals surface area contributed by atoms with E-state index in [0.717, 1.165) is 75.2 Å². The van der Waals surface area contributed by atoms with E-state index >= 15 is 0 Å². The Labute approximate surface area is 227 Å². The van der Waals surface area contributed by atoms with E-state index in [1.807, 2.05) is 30.1 Å². The second-order valence-electron chi connectivity index (χ2n) is 9.78. The zero-order valence-corrected chi connectivity index (χ0v) is 22.1. The summed E-state index contributed by atoms with van der Waals surface area (Å²) in [6, 6.07) is 10.4. The second-order valence-corrected chi connectivity index (χ2v) is 9.78. The smallest absolute Gasteiger partial charge is 0.232 e. The lowest BCUT2D eigenvalue weighted by molar-refractivity contribution is 0.0158. The molecule has 1 aromatic carbocycles. The number of benzene rings is 1. The Morgan fingerprint density at radius 2 is 1.69 bits per heavy atom. The number of hydrogen-bond donors (Lipinski definition) is 2. The molecule has 2 N–H and O–H groups in total. The number of rotatable bonds is 8. The fourth-order valence-electron chi connectivity index (χ4n) is 4.84. The maximum atomic E-state index is 5.82. The lowest BCUT2D eigenvalue weighted by Gasteiger charge is -2.34. The predicted octanol–water partition coefficient (Wildman–Crippen LogP) is 1.82. The highest BCUT2D eigenvalue weighted by Crippen LogP contribution is 2.21. The van der Waals surface area contributed by atoms with Gasteiger partial charge in [0.2, 0.25) is 17.8 Å². The van der Waals surface area contributed by atoms with Crippen LogP contribution in [0.5, 0.6) is 0 Å². The summed E-state index contributed by atoms with van der Waals surface area (Å²) in [5.41, 5.74) is 4.24. The van der Waals surface area contributed by atoms with E-state index in [1.165, 1.54) is 5.56 Å². The highest BCUT2D eigenvalue weighted by atomic mass is 16.5. The van der Waals surface area contributed by atoms with E-state index in [9.17, 15) is 0 Å². The number of aromatic nitrogens is 7. The monoisotopic (exact) mass is 527 g/mol. The van der Waals surface area contributed by atoms with E-state index in [-0.39, 0.29) is 6.10 Å². The number of nitrogens with one attached hydrogen (secondary N) is 2. The average molecular weight is 528 g/mol. The molecule has 202 valence electrons. The third-order valence-electron chi connectivity index (χ3n) is 7.08. The Morgan fingerprint density at radius 1 is 0.923 bits per heavy atom. The van der Waals surface area contributed by atoms with Crippen molar-refractivity contribution in [3.63, 3.8) is 0 Å². The van der Waals surface area contributed by atoms with Gasteiger partial charge in [-0.05, 0) is 18.1 Å². The van der Waals surface area contributed by atoms with Crippen LogP contribution in [0.3, 0.4) is 0 Å². The topological polar surface area (TPSA) is 122 Å². The number of ether oxygens (including phenoxy) is 1. The lowest BCUT2D eigenvalue weighted by atomic mass is 10.1. The van der Waals surface area contributed by atoms with Gasteiger partial charge in [0.25, 0.3) is 0 Å². The fourth-order valence-corrected chi connectivity index (χ4v) is 4.84. The van der Waals surface area contributed by atoms with Gasteiger partial charge in [-0.2, -0.15) is 10.1 Å². The Kier molecular flexibility index (Phi) is 7.54. The second kappa shape index (κ2) is 11.7. The standard InChI is InChI=1S/C27H33N11O/c1-20-24(17-33-38(20)18-23-16-28-7-12-39-23)34-25-31-19-32-27(35-25)37-10-8-36(9-11-37)26-29-14-22(15-30-26)13-21-5-3-2-4-6-21/h2-6,14-15,17,19,23,28H,7-13,16,18H2,1H3,(H,31,32,34,35)/t23-/m0/s1. The van der Waals surface area contributed by atoms with E-state index < -0.39 is 0 Å². The number of anilines is 4. The van der Waals surface area contributed by atoms with Gasteiger partial charge in [0, 0.05) is 58.1 Å². The SMILES string of the molecule is Cc1c(Nc2ncnc(N3CCN(c4ncc(Cc5ccccc5)cn4)CC3)n2)cnn1C[C@@H]1CNCCO1. The van der Waals surface area contributed by atoms with Gasteiger partial charge in [0.05, 0.1) is 36.8 Å². The third kappa shape index (κ3) is 6.13. The highest BCUT2D eigenvalue weighted by Gasteiger charge is 2.22. The molecule has 12 nitrogen and oxygen atoms in total. The molecule has 0 amide bonds. The molecule has 0 bridgehead atoms. The van der Waals surface area contributed by atoms with Crippen LogP contribution in [-0.2, 0) is 17.7 Å². The minimum atomic E-state index is 0.116. The van der Waals surface area contributed by atoms with Gasteiger partial charge in [0.1, 0.15) is 6.33 Å². The Balaban J connectivity index is 1.04. The molecular weight excluding hydrogens is 494 g/mol. The van der Waals surface area contributed by atoms with Crippen LogP contribution < -0.4 is 20.4 Å². The first-order chi connectivity index (χ1) is 19.2. The van der Waals surface area contributed by atoms with Gasteiger partial charge in [-0.3, -0.25) is 4.68 Å². The summed E-state index contributed by atoms with van der Waals surface area (Å²) in [7, 11) is 0. The summed E-state index contributed by atoms with van der Waals surface area (Å²) >= 11 is 0. The molecule has 5 heterocycles. The van der Waals surface area contributed by atoms with Crippen LogP contribution >= 0.6 is 0 Å². The maximum absolute atomic E-state index is 5.82. The van der Waals surface area contributed by atoms with Crippen molar-refractivity contribution in [1.29, 1.82) is 0 Å². The molecule has 12 heteroatoms. The van der Waals surface area contributed by atoms with Crippen LogP contribution in [0.15, 0.2) is 55.2 Å². The number of piperazine rings is 1. The molecule has 3 aromatic heterocycles. The first-order valence-electron chi connectivity index (χ1n) is 13.4. The molecule has 2 saturated heterocycles. The normalized spacial score (nSPS) is 17.8. The molecule has 0 unspecified atom stereocenters. The van der Waals surface area contributed by atoms with E-state index in [4.69, 9.17) is 4.74 Å². The van der Waals surface area contributed by atoms with Crippen LogP contribution in [0.4, 0.5) is 23.5 Å². The quantitative estimate of drug-likeness (QED) is 0.349. The van der Waals surface area contributed by atoms with Crippen molar-refractivity contribution in [2.45, 2.75) is 26.0 Å². The Morgan fingerprint density at radius 3 is 2.44 bits per heavy atom. The average Bonchev–Trinajstić information content (AvgIpc) is 3.33. The molecule has 4 aromatic rings. The maximum Gasteiger partial charge on any atom is 0.232 e. The van der Waals surface area contributed by atoms with Crippen molar-refractivity contribution in [2.75, 3.05) is 61.0 Å². The molecule has 1 atom stereocenters. The molecule has 0 spiro atoms. The lowest BCUT2D eigenvalue weighted by Crippen LogP contribution is -2.47. The molecule has 2 aliphatic heterocycles. The van der Waals surface area contributed by atoms with Crippen LogP contribution in [-0.4, -0.2) is 86.7 Å². The van der Waals surface area contributed by atoms with Crippen molar-refractivity contribution in [3.05, 3.63) is 72.1 Å². The largest absolute Gasteiger partial charge is 0.374 e. The first-order valence-corrected chi connectivity index (χ1v) is 13.4. The number of nitrogens with zero attached hydrogens (tertiary/aromatic N) is 9. The molecular formula is C27H33N11O. The van der Waals surface area contributed by atoms with E-state index in [0.29, 0.717) is 18.4 Å². The van der Waals surface area contributed by atoms with Crippen molar-refractivity contribution < 1.29 is 4.74 Å². The number of hydrogen-bond acceptors (Lipinski definition) is 11. The molecule has 0 aliphatic carbocycles. The molecule has 2 fully saturated rings. The van der Waals surface area contributed by atoms with Gasteiger partial charge in [0.15, 0.2) is 0 Å². The Bertz CT molecular complexity index is 1350. The van der Waals surface area contributed by atoms with Crippen molar-refractivity contribution in [2.24, 2.45) is 0 Å². The van der Waals surface area contributed by atoms with Gasteiger partial charge >= 0.3 is 0 Å². The molecule has 0 saturated carbocycles. The van der Waals surface area contributed by atoms with Gasteiger partial charge in [-0.25, -0.2) is 19.9 Å². The third-order valence-corrected chi connectivity index (χ3v) is 7.08. The summed E-state index contributed by atoms with van der Waals surface area (Å²) in [4.78, 5) is 27.1. The van der Waals surface area contributed by atoms with Gasteiger partial charge < -0.3 is 25.2 Å². The summed E-state index contributed by atoms with van der Waals surface area (Å²) in [5.74, 6) is 1.90. The Hall–Kier alpha value is -4.16. The molecule has 39 heavy (non-hydrogen) atoms. The summed E-state index contributed by atoms with van der Waals surface area (Å²) < 4.78 is 7.77. The fraction of sp³-hybridized carbons (Fsp3) is 0.407. The molecule has 2 aliphatic rings. The minimum absolute atomic E-state index is 0.116. The predicted molar refractivity (Wildman–Crippen MR) is 148 cm³/mol. The number of morpholine rings is 1. The van der Waals surface area contributed by atoms with E-state index in [2.05, 4.69) is 74.7 Å². The summed E-state index contributed by atoms with van der Waals surface area (Å²) in [6.45, 7) is 8.30. The van der Waals surface area contributed by atoms with Crippen LogP contribution in [0.25, 0.3) is 0 Å². The zero-order valence-electron chi connectivity index (χ0n) is 22.1. The van der Waals surface area contributed by atoms with Crippen LogP contribution in [0, 0.1) is 6.92 Å². The zero-order chi connectivity index (χ0) is 26.4. The van der Waals surface area contributed by atoms with Crippen molar-refractivity contribution >= 4 is 23.5 Å². The summed E-state index contributed by atoms with van der Waals surface area (Å²) in [5, 5.41) is 11.2. The first kappa shape index (κ1) is 25.1. The molecule has 0 radical (unpaired) electrons. The highest BCUT2D eigenvalue weighted by molar-refractivity contribution is 5.56. The van der Waals surface area contributed by atoms with Gasteiger partial charge in [-0.15, -0.1) is 0 Å². The van der Waals surface area contributed by atoms with Crippen LogP contribution in [0.1, 0.15) is 16.8 Å². The summed E-state index contributed by atoms with van der Waals surface area (Å²) in [6.07, 6.45) is 8.15.